The number of hydrogen-bond donors (Lipinski definition) is 2. The number of carboxylic acid groups (broad SMARTS) is 1. The smallest absolute Gasteiger partial charge is 0.318 e. The molecule has 8 heteroatoms. The third kappa shape index (κ3) is 3.69. The fourth-order valence-electron chi connectivity index (χ4n) is 2.63. The van der Waals surface area contributed by atoms with E-state index in [0.717, 1.165) is 12.7 Å². The molecule has 116 valence electrons. The van der Waals surface area contributed by atoms with Crippen molar-refractivity contribution < 1.29 is 23.1 Å². The van der Waals surface area contributed by atoms with Gasteiger partial charge in [0.15, 0.2) is 0 Å². The first kappa shape index (κ1) is 16.9. The summed E-state index contributed by atoms with van der Waals surface area (Å²) in [7, 11) is -1.88. The maximum Gasteiger partial charge on any atom is 0.318 e. The standard InChI is InChI=1S/C12H22N2O5S/c1-12(11(16)17,10(15)13-2)7-9-5-4-6-14(8-9)20(3,18)19/h9H,4-8H2,1-3H3,(H,13,15)(H,16,17). The molecule has 7 nitrogen and oxygen atoms in total. The maximum atomic E-state index is 11.8. The first-order chi connectivity index (χ1) is 9.11. The van der Waals surface area contributed by atoms with Crippen LogP contribution in [-0.2, 0) is 19.6 Å². The van der Waals surface area contributed by atoms with E-state index in [0.29, 0.717) is 13.0 Å². The first-order valence-corrected chi connectivity index (χ1v) is 8.37. The van der Waals surface area contributed by atoms with E-state index in [-0.39, 0.29) is 18.9 Å². The van der Waals surface area contributed by atoms with Crippen molar-refractivity contribution in [1.82, 2.24) is 9.62 Å². The molecule has 20 heavy (non-hydrogen) atoms. The lowest BCUT2D eigenvalue weighted by molar-refractivity contribution is -0.156. The van der Waals surface area contributed by atoms with E-state index in [9.17, 15) is 23.1 Å². The van der Waals surface area contributed by atoms with Gasteiger partial charge >= 0.3 is 5.97 Å². The molecule has 0 saturated carbocycles. The predicted molar refractivity (Wildman–Crippen MR) is 73.6 cm³/mol. The Hall–Kier alpha value is -1.15. The number of hydrogen-bond acceptors (Lipinski definition) is 4. The molecule has 0 aromatic carbocycles. The van der Waals surface area contributed by atoms with Gasteiger partial charge in [0, 0.05) is 20.1 Å². The van der Waals surface area contributed by atoms with Gasteiger partial charge in [0.25, 0.3) is 0 Å². The lowest BCUT2D eigenvalue weighted by Crippen LogP contribution is -2.47. The molecule has 1 saturated heterocycles. The van der Waals surface area contributed by atoms with Gasteiger partial charge in [-0.05, 0) is 32.1 Å². The number of carbonyl (C=O) groups is 2. The fraction of sp³-hybridized carbons (Fsp3) is 0.833. The molecule has 1 amide bonds. The molecule has 0 bridgehead atoms. The normalized spacial score (nSPS) is 23.9. The molecule has 1 aliphatic heterocycles. The predicted octanol–water partition coefficient (Wildman–Crippen LogP) is -0.115. The van der Waals surface area contributed by atoms with Gasteiger partial charge in [0.2, 0.25) is 15.9 Å². The van der Waals surface area contributed by atoms with Crippen LogP contribution in [0.15, 0.2) is 0 Å². The summed E-state index contributed by atoms with van der Waals surface area (Å²) in [6, 6.07) is 0. The SMILES string of the molecule is CNC(=O)C(C)(CC1CCCN(S(C)(=O)=O)C1)C(=O)O. The highest BCUT2D eigenvalue weighted by Crippen LogP contribution is 2.32. The molecule has 2 unspecified atom stereocenters. The lowest BCUT2D eigenvalue weighted by Gasteiger charge is -2.34. The number of piperidine rings is 1. The molecule has 2 N–H and O–H groups in total. The minimum atomic E-state index is -3.28. The summed E-state index contributed by atoms with van der Waals surface area (Å²) in [5.41, 5.74) is -1.53. The molecule has 0 aromatic rings. The number of nitrogens with one attached hydrogen (secondary N) is 1. The summed E-state index contributed by atoms with van der Waals surface area (Å²) >= 11 is 0. The van der Waals surface area contributed by atoms with Crippen molar-refractivity contribution in [3.05, 3.63) is 0 Å². The molecule has 0 radical (unpaired) electrons. The summed E-state index contributed by atoms with van der Waals surface area (Å²) in [5, 5.41) is 11.7. The van der Waals surface area contributed by atoms with Crippen LogP contribution < -0.4 is 5.32 Å². The molecular weight excluding hydrogens is 284 g/mol. The Labute approximate surface area is 119 Å². The Kier molecular flexibility index (Phi) is 5.15. The van der Waals surface area contributed by atoms with Crippen LogP contribution in [0.25, 0.3) is 0 Å². The van der Waals surface area contributed by atoms with E-state index < -0.39 is 27.3 Å². The van der Waals surface area contributed by atoms with Gasteiger partial charge in [-0.25, -0.2) is 12.7 Å². The average Bonchev–Trinajstić information content (AvgIpc) is 2.36. The van der Waals surface area contributed by atoms with E-state index in [1.54, 1.807) is 0 Å². The van der Waals surface area contributed by atoms with Crippen LogP contribution in [-0.4, -0.2) is 56.1 Å². The van der Waals surface area contributed by atoms with Gasteiger partial charge in [0.05, 0.1) is 6.26 Å². The van der Waals surface area contributed by atoms with Crippen LogP contribution in [0.5, 0.6) is 0 Å². The van der Waals surface area contributed by atoms with Crippen molar-refractivity contribution in [1.29, 1.82) is 0 Å². The number of rotatable bonds is 5. The molecule has 1 fully saturated rings. The van der Waals surface area contributed by atoms with Crippen LogP contribution in [0.3, 0.4) is 0 Å². The molecule has 0 spiro atoms. The highest BCUT2D eigenvalue weighted by Gasteiger charge is 2.43. The minimum Gasteiger partial charge on any atom is -0.480 e. The molecule has 1 aliphatic rings. The topological polar surface area (TPSA) is 104 Å². The highest BCUT2D eigenvalue weighted by molar-refractivity contribution is 7.88. The minimum absolute atomic E-state index is 0.128. The summed E-state index contributed by atoms with van der Waals surface area (Å²) in [6.07, 6.45) is 2.69. The van der Waals surface area contributed by atoms with Crippen LogP contribution in [0.1, 0.15) is 26.2 Å². The van der Waals surface area contributed by atoms with E-state index in [1.165, 1.54) is 18.3 Å². The maximum absolute atomic E-state index is 11.8. The Morgan fingerprint density at radius 3 is 2.50 bits per heavy atom. The number of nitrogens with zero attached hydrogens (tertiary/aromatic N) is 1. The van der Waals surface area contributed by atoms with Crippen LogP contribution >= 0.6 is 0 Å². The molecule has 2 atom stereocenters. The number of aliphatic carboxylic acids is 1. The number of amides is 1. The Bertz CT molecular complexity index is 490. The van der Waals surface area contributed by atoms with E-state index in [4.69, 9.17) is 0 Å². The summed E-state index contributed by atoms with van der Waals surface area (Å²) in [4.78, 5) is 23.2. The lowest BCUT2D eigenvalue weighted by atomic mass is 9.78. The zero-order valence-electron chi connectivity index (χ0n) is 12.0. The van der Waals surface area contributed by atoms with Crippen molar-refractivity contribution in [2.45, 2.75) is 26.2 Å². The second-order valence-corrected chi connectivity index (χ2v) is 7.53. The van der Waals surface area contributed by atoms with Crippen LogP contribution in [0.4, 0.5) is 0 Å². The second kappa shape index (κ2) is 6.09. The van der Waals surface area contributed by atoms with E-state index in [2.05, 4.69) is 5.32 Å². The summed E-state index contributed by atoms with van der Waals surface area (Å²) in [6.45, 7) is 2.12. The van der Waals surface area contributed by atoms with Gasteiger partial charge in [0.1, 0.15) is 5.41 Å². The van der Waals surface area contributed by atoms with Gasteiger partial charge in [-0.15, -0.1) is 0 Å². The van der Waals surface area contributed by atoms with E-state index >= 15 is 0 Å². The second-order valence-electron chi connectivity index (χ2n) is 5.55. The molecule has 0 aliphatic carbocycles. The Balaban J connectivity index is 2.85. The number of carbonyl (C=O) groups excluding carboxylic acids is 1. The molecule has 0 aromatic heterocycles. The first-order valence-electron chi connectivity index (χ1n) is 6.52. The monoisotopic (exact) mass is 306 g/mol. The fourth-order valence-corrected chi connectivity index (χ4v) is 3.57. The number of sulfonamides is 1. The molecule has 1 rings (SSSR count). The zero-order chi connectivity index (χ0) is 15.6. The average molecular weight is 306 g/mol. The largest absolute Gasteiger partial charge is 0.480 e. The third-order valence-corrected chi connectivity index (χ3v) is 5.12. The Morgan fingerprint density at radius 1 is 1.45 bits per heavy atom. The van der Waals surface area contributed by atoms with Crippen molar-refractivity contribution in [3.63, 3.8) is 0 Å². The van der Waals surface area contributed by atoms with Crippen LogP contribution in [0.2, 0.25) is 0 Å². The quantitative estimate of drug-likeness (QED) is 0.689. The third-order valence-electron chi connectivity index (χ3n) is 3.85. The van der Waals surface area contributed by atoms with Gasteiger partial charge in [-0.2, -0.15) is 0 Å². The van der Waals surface area contributed by atoms with Gasteiger partial charge < -0.3 is 10.4 Å². The van der Waals surface area contributed by atoms with Crippen molar-refractivity contribution in [3.8, 4) is 0 Å². The van der Waals surface area contributed by atoms with Crippen molar-refractivity contribution in [2.75, 3.05) is 26.4 Å². The molecule has 1 heterocycles. The van der Waals surface area contributed by atoms with Gasteiger partial charge in [-0.1, -0.05) is 0 Å². The zero-order valence-corrected chi connectivity index (χ0v) is 12.9. The summed E-state index contributed by atoms with van der Waals surface area (Å²) in [5.74, 6) is -1.87. The van der Waals surface area contributed by atoms with Crippen molar-refractivity contribution in [2.24, 2.45) is 11.3 Å². The summed E-state index contributed by atoms with van der Waals surface area (Å²) < 4.78 is 24.5. The Morgan fingerprint density at radius 2 is 2.05 bits per heavy atom. The highest BCUT2D eigenvalue weighted by atomic mass is 32.2. The molecular formula is C12H22N2O5S. The van der Waals surface area contributed by atoms with E-state index in [1.807, 2.05) is 0 Å². The van der Waals surface area contributed by atoms with Crippen LogP contribution in [0, 0.1) is 11.3 Å². The van der Waals surface area contributed by atoms with Gasteiger partial charge in [-0.3, -0.25) is 9.59 Å². The van der Waals surface area contributed by atoms with Crippen molar-refractivity contribution >= 4 is 21.9 Å². The number of carboxylic acids is 1.